The Hall–Kier alpha value is -1.02. The topological polar surface area (TPSA) is 9.23 Å². The summed E-state index contributed by atoms with van der Waals surface area (Å²) in [6, 6.07) is 2.11. The van der Waals surface area contributed by atoms with E-state index in [0.29, 0.717) is 0 Å². The largest absolute Gasteiger partial charge is 0.540 e. The maximum Gasteiger partial charge on any atom is 0.341 e. The Morgan fingerprint density at radius 1 is 1.29 bits per heavy atom. The number of benzene rings is 1. The number of rotatable bonds is 2. The lowest BCUT2D eigenvalue weighted by Gasteiger charge is -2.15. The summed E-state index contributed by atoms with van der Waals surface area (Å²) in [7, 11) is 3.08. The molecule has 3 radical (unpaired) electrons. The molecular formula is C12H15OSi. The molecule has 0 atom stereocenters. The first-order chi connectivity index (χ1) is 6.49. The zero-order valence-electron chi connectivity index (χ0n) is 9.19. The molecule has 0 N–H and O–H groups in total. The fraction of sp³-hybridized carbons (Fsp3) is 0.333. The lowest BCUT2D eigenvalue weighted by molar-refractivity contribution is 0.603. The van der Waals surface area contributed by atoms with Crippen molar-refractivity contribution in [2.24, 2.45) is 0 Å². The number of hydrogen-bond donors (Lipinski definition) is 0. The Morgan fingerprint density at radius 3 is 2.29 bits per heavy atom. The van der Waals surface area contributed by atoms with E-state index in [1.165, 1.54) is 11.1 Å². The van der Waals surface area contributed by atoms with Gasteiger partial charge in [0.1, 0.15) is 5.75 Å². The standard InChI is InChI=1S/C12H15OSi/c1-7(2)11-6-8(3)12(13-14)10(5)9(11)4/h6H,1H2,2-5H3. The van der Waals surface area contributed by atoms with E-state index in [1.54, 1.807) is 0 Å². The van der Waals surface area contributed by atoms with Gasteiger partial charge in [0, 0.05) is 0 Å². The minimum absolute atomic E-state index is 0.907. The van der Waals surface area contributed by atoms with Crippen molar-refractivity contribution in [3.63, 3.8) is 0 Å². The van der Waals surface area contributed by atoms with Crippen LogP contribution in [0.2, 0.25) is 0 Å². The van der Waals surface area contributed by atoms with Gasteiger partial charge in [0.2, 0.25) is 0 Å². The SMILES string of the molecule is C=C(C)c1cc(C)c(O[Si])c(C)c1C. The minimum Gasteiger partial charge on any atom is -0.540 e. The van der Waals surface area contributed by atoms with Crippen molar-refractivity contribution in [1.29, 1.82) is 0 Å². The molecule has 0 bridgehead atoms. The van der Waals surface area contributed by atoms with Gasteiger partial charge in [0.05, 0.1) is 0 Å². The second-order valence-corrected chi connectivity index (χ2v) is 3.91. The van der Waals surface area contributed by atoms with Crippen molar-refractivity contribution in [3.05, 3.63) is 34.9 Å². The summed E-state index contributed by atoms with van der Waals surface area (Å²) < 4.78 is 5.17. The normalized spacial score (nSPS) is 10.1. The molecule has 0 saturated carbocycles. The zero-order chi connectivity index (χ0) is 10.9. The molecule has 0 amide bonds. The van der Waals surface area contributed by atoms with Gasteiger partial charge in [-0.25, -0.2) is 0 Å². The van der Waals surface area contributed by atoms with Gasteiger partial charge in [-0.3, -0.25) is 0 Å². The van der Waals surface area contributed by atoms with E-state index < -0.39 is 0 Å². The van der Waals surface area contributed by atoms with Gasteiger partial charge in [-0.15, -0.1) is 0 Å². The van der Waals surface area contributed by atoms with Crippen molar-refractivity contribution < 1.29 is 4.43 Å². The highest BCUT2D eigenvalue weighted by molar-refractivity contribution is 6.00. The first kappa shape index (κ1) is 11.1. The molecule has 0 unspecified atom stereocenters. The summed E-state index contributed by atoms with van der Waals surface area (Å²) in [6.07, 6.45) is 0. The van der Waals surface area contributed by atoms with Crippen molar-refractivity contribution in [3.8, 4) is 5.75 Å². The highest BCUT2D eigenvalue weighted by Crippen LogP contribution is 2.30. The average Bonchev–Trinajstić information content (AvgIpc) is 2.12. The predicted octanol–water partition coefficient (Wildman–Crippen LogP) is 3.11. The summed E-state index contributed by atoms with van der Waals surface area (Å²) in [5.41, 5.74) is 5.83. The summed E-state index contributed by atoms with van der Waals surface area (Å²) in [5, 5.41) is 0. The van der Waals surface area contributed by atoms with Gasteiger partial charge in [-0.2, -0.15) is 0 Å². The summed E-state index contributed by atoms with van der Waals surface area (Å²) in [4.78, 5) is 0. The molecule has 14 heavy (non-hydrogen) atoms. The second kappa shape index (κ2) is 4.01. The van der Waals surface area contributed by atoms with Crippen LogP contribution in [-0.4, -0.2) is 10.5 Å². The Labute approximate surface area is 89.3 Å². The minimum atomic E-state index is 0.907. The van der Waals surface area contributed by atoms with Crippen LogP contribution in [0.3, 0.4) is 0 Å². The molecule has 0 aromatic heterocycles. The molecule has 0 aliphatic carbocycles. The molecule has 73 valence electrons. The third-order valence-electron chi connectivity index (χ3n) is 2.59. The molecule has 1 aromatic carbocycles. The van der Waals surface area contributed by atoms with Crippen LogP contribution >= 0.6 is 0 Å². The van der Waals surface area contributed by atoms with E-state index in [0.717, 1.165) is 22.4 Å². The quantitative estimate of drug-likeness (QED) is 0.671. The molecule has 0 saturated heterocycles. The molecule has 0 heterocycles. The summed E-state index contributed by atoms with van der Waals surface area (Å²) in [5.74, 6) is 0.907. The Kier molecular flexibility index (Phi) is 3.16. The number of hydrogen-bond acceptors (Lipinski definition) is 1. The predicted molar refractivity (Wildman–Crippen MR) is 61.7 cm³/mol. The van der Waals surface area contributed by atoms with Gasteiger partial charge in [-0.1, -0.05) is 12.2 Å². The van der Waals surface area contributed by atoms with E-state index >= 15 is 0 Å². The van der Waals surface area contributed by atoms with Crippen LogP contribution < -0.4 is 4.43 Å². The van der Waals surface area contributed by atoms with Crippen molar-refractivity contribution >= 4 is 16.1 Å². The van der Waals surface area contributed by atoms with Crippen LogP contribution in [0.5, 0.6) is 5.75 Å². The van der Waals surface area contributed by atoms with Crippen LogP contribution in [0.4, 0.5) is 0 Å². The van der Waals surface area contributed by atoms with Crippen molar-refractivity contribution in [2.45, 2.75) is 27.7 Å². The first-order valence-electron chi connectivity index (χ1n) is 4.59. The zero-order valence-corrected chi connectivity index (χ0v) is 10.2. The van der Waals surface area contributed by atoms with Gasteiger partial charge in [0.15, 0.2) is 0 Å². The number of allylic oxidation sites excluding steroid dienone is 1. The van der Waals surface area contributed by atoms with Crippen LogP contribution in [0.1, 0.15) is 29.2 Å². The maximum absolute atomic E-state index is 5.17. The summed E-state index contributed by atoms with van der Waals surface area (Å²) in [6.45, 7) is 12.2. The van der Waals surface area contributed by atoms with Crippen LogP contribution in [0, 0.1) is 20.8 Å². The fourth-order valence-corrected chi connectivity index (χ4v) is 1.97. The molecule has 0 spiro atoms. The van der Waals surface area contributed by atoms with Crippen molar-refractivity contribution in [1.82, 2.24) is 0 Å². The Bertz CT molecular complexity index is 380. The summed E-state index contributed by atoms with van der Waals surface area (Å²) >= 11 is 0. The molecule has 2 heteroatoms. The third kappa shape index (κ3) is 1.75. The van der Waals surface area contributed by atoms with Gasteiger partial charge in [-0.05, 0) is 56.0 Å². The van der Waals surface area contributed by atoms with E-state index in [9.17, 15) is 0 Å². The molecule has 0 aliphatic heterocycles. The van der Waals surface area contributed by atoms with Crippen LogP contribution in [-0.2, 0) is 0 Å². The van der Waals surface area contributed by atoms with Crippen LogP contribution in [0.25, 0.3) is 5.57 Å². The smallest absolute Gasteiger partial charge is 0.341 e. The lowest BCUT2D eigenvalue weighted by Crippen LogP contribution is -1.98. The van der Waals surface area contributed by atoms with E-state index in [-0.39, 0.29) is 0 Å². The first-order valence-corrected chi connectivity index (χ1v) is 5.00. The van der Waals surface area contributed by atoms with E-state index in [4.69, 9.17) is 4.43 Å². The molecule has 1 aromatic rings. The molecule has 1 rings (SSSR count). The lowest BCUT2D eigenvalue weighted by atomic mass is 9.95. The van der Waals surface area contributed by atoms with Gasteiger partial charge >= 0.3 is 10.5 Å². The van der Waals surface area contributed by atoms with E-state index in [1.807, 2.05) is 13.8 Å². The maximum atomic E-state index is 5.17. The molecule has 0 fully saturated rings. The Balaban J connectivity index is 3.47. The Morgan fingerprint density at radius 2 is 1.86 bits per heavy atom. The monoisotopic (exact) mass is 203 g/mol. The molecular weight excluding hydrogens is 188 g/mol. The second-order valence-electron chi connectivity index (χ2n) is 3.70. The van der Waals surface area contributed by atoms with Crippen molar-refractivity contribution in [2.75, 3.05) is 0 Å². The third-order valence-corrected chi connectivity index (χ3v) is 2.79. The molecule has 0 aliphatic rings. The van der Waals surface area contributed by atoms with Gasteiger partial charge in [0.25, 0.3) is 0 Å². The highest BCUT2D eigenvalue weighted by Gasteiger charge is 2.10. The van der Waals surface area contributed by atoms with E-state index in [2.05, 4.69) is 37.0 Å². The fourth-order valence-electron chi connectivity index (χ4n) is 1.66. The number of aryl methyl sites for hydroxylation is 1. The molecule has 1 nitrogen and oxygen atoms in total. The average molecular weight is 203 g/mol. The van der Waals surface area contributed by atoms with Gasteiger partial charge < -0.3 is 4.43 Å². The van der Waals surface area contributed by atoms with Crippen LogP contribution in [0.15, 0.2) is 12.6 Å². The highest BCUT2D eigenvalue weighted by atomic mass is 28.2.